The van der Waals surface area contributed by atoms with Gasteiger partial charge in [0.05, 0.1) is 0 Å². The van der Waals surface area contributed by atoms with Gasteiger partial charge in [-0.25, -0.2) is 9.78 Å². The van der Waals surface area contributed by atoms with Gasteiger partial charge in [0.25, 0.3) is 0 Å². The molecule has 0 N–H and O–H groups in total. The van der Waals surface area contributed by atoms with Crippen molar-refractivity contribution in [2.24, 2.45) is 0 Å². The molecular weight excluding hydrogens is 447 g/mol. The Hall–Kier alpha value is -3.08. The first-order valence-corrected chi connectivity index (χ1v) is 10.4. The normalized spacial score (nSPS) is 14.8. The molecule has 32 heavy (non-hydrogen) atoms. The smallest absolute Gasteiger partial charge is 0.368 e. The van der Waals surface area contributed by atoms with E-state index in [4.69, 9.17) is 11.6 Å². The molecule has 1 fully saturated rings. The summed E-state index contributed by atoms with van der Waals surface area (Å²) in [6.07, 6.45) is -1.25. The summed E-state index contributed by atoms with van der Waals surface area (Å²) in [5.74, 6) is 0.299. The molecule has 1 aliphatic heterocycles. The number of aryl methyl sites for hydroxylation is 1. The second-order valence-corrected chi connectivity index (χ2v) is 7.80. The Morgan fingerprint density at radius 1 is 1.09 bits per heavy atom. The molecule has 0 bridgehead atoms. The molecule has 1 aromatic carbocycles. The molecule has 0 aliphatic carbocycles. The number of nitrogens with zero attached hydrogens (tertiary/aromatic N) is 7. The third kappa shape index (κ3) is 4.72. The van der Waals surface area contributed by atoms with Gasteiger partial charge in [-0.2, -0.15) is 23.3 Å². The van der Waals surface area contributed by atoms with Crippen LogP contribution in [0.2, 0.25) is 5.02 Å². The lowest BCUT2D eigenvalue weighted by atomic mass is 10.1. The number of anilines is 2. The van der Waals surface area contributed by atoms with E-state index in [-0.39, 0.29) is 6.67 Å². The summed E-state index contributed by atoms with van der Waals surface area (Å²) in [5, 5.41) is 4.20. The van der Waals surface area contributed by atoms with Gasteiger partial charge in [0.2, 0.25) is 5.95 Å². The third-order valence-corrected chi connectivity index (χ3v) is 5.69. The molecule has 0 amide bonds. The Labute approximate surface area is 186 Å². The van der Waals surface area contributed by atoms with E-state index in [0.29, 0.717) is 19.0 Å². The Morgan fingerprint density at radius 2 is 1.81 bits per heavy atom. The van der Waals surface area contributed by atoms with E-state index in [2.05, 4.69) is 33.0 Å². The second-order valence-electron chi connectivity index (χ2n) is 7.39. The number of benzene rings is 1. The second kappa shape index (κ2) is 8.81. The van der Waals surface area contributed by atoms with E-state index in [1.165, 1.54) is 6.33 Å². The molecule has 0 radical (unpaired) electrons. The number of hydrogen-bond acceptors (Lipinski definition) is 6. The zero-order valence-electron chi connectivity index (χ0n) is 17.3. The minimum absolute atomic E-state index is 0.209. The molecule has 8 nitrogen and oxygen atoms in total. The first kappa shape index (κ1) is 22.1. The number of hydrogen-bond donors (Lipinski definition) is 0. The number of alkyl halides is 3. The van der Waals surface area contributed by atoms with Crippen molar-refractivity contribution < 1.29 is 13.2 Å². The lowest BCUT2D eigenvalue weighted by Crippen LogP contribution is -2.47. The summed E-state index contributed by atoms with van der Waals surface area (Å²) in [7, 11) is 0. The summed E-state index contributed by atoms with van der Waals surface area (Å²) in [5.41, 5.74) is 0.567. The highest BCUT2D eigenvalue weighted by molar-refractivity contribution is 6.31. The highest BCUT2D eigenvalue weighted by atomic mass is 35.5. The zero-order valence-corrected chi connectivity index (χ0v) is 18.0. The van der Waals surface area contributed by atoms with E-state index < -0.39 is 17.6 Å². The topological polar surface area (TPSA) is 72.1 Å². The van der Waals surface area contributed by atoms with Gasteiger partial charge in [-0.05, 0) is 36.2 Å². The van der Waals surface area contributed by atoms with Gasteiger partial charge in [-0.3, -0.25) is 9.25 Å². The predicted octanol–water partition coefficient (Wildman–Crippen LogP) is 2.90. The van der Waals surface area contributed by atoms with Crippen LogP contribution in [-0.2, 0) is 19.3 Å². The fourth-order valence-corrected chi connectivity index (χ4v) is 3.79. The highest BCUT2D eigenvalue weighted by Gasteiger charge is 2.33. The highest BCUT2D eigenvalue weighted by Crippen LogP contribution is 2.27. The van der Waals surface area contributed by atoms with E-state index in [1.54, 1.807) is 0 Å². The van der Waals surface area contributed by atoms with Crippen LogP contribution in [0, 0.1) is 0 Å². The number of halogens is 4. The number of rotatable bonds is 5. The van der Waals surface area contributed by atoms with Crippen LogP contribution in [0.5, 0.6) is 0 Å². The fraction of sp³-hybridized carbons (Fsp3) is 0.400. The third-order valence-electron chi connectivity index (χ3n) is 5.32. The molecule has 3 heterocycles. The average molecular weight is 468 g/mol. The molecule has 3 aromatic rings. The van der Waals surface area contributed by atoms with Crippen LogP contribution in [0.4, 0.5) is 24.8 Å². The van der Waals surface area contributed by atoms with Gasteiger partial charge in [0, 0.05) is 43.1 Å². The first-order valence-electron chi connectivity index (χ1n) is 10.1. The Balaban J connectivity index is 1.41. The van der Waals surface area contributed by atoms with Gasteiger partial charge < -0.3 is 9.80 Å². The van der Waals surface area contributed by atoms with Crippen molar-refractivity contribution in [3.8, 4) is 0 Å². The van der Waals surface area contributed by atoms with Crippen molar-refractivity contribution in [1.29, 1.82) is 0 Å². The zero-order chi connectivity index (χ0) is 22.9. The molecule has 0 spiro atoms. The molecule has 4 rings (SSSR count). The Bertz CT molecular complexity index is 1150. The van der Waals surface area contributed by atoms with Crippen LogP contribution in [0.25, 0.3) is 0 Å². The maximum absolute atomic E-state index is 12.7. The van der Waals surface area contributed by atoms with Gasteiger partial charge in [-0.1, -0.05) is 18.5 Å². The van der Waals surface area contributed by atoms with E-state index in [0.717, 1.165) is 57.3 Å². The van der Waals surface area contributed by atoms with Crippen molar-refractivity contribution in [3.05, 3.63) is 63.6 Å². The van der Waals surface area contributed by atoms with Crippen LogP contribution in [-0.4, -0.2) is 50.5 Å². The fourth-order valence-electron chi connectivity index (χ4n) is 3.54. The lowest BCUT2D eigenvalue weighted by Gasteiger charge is -2.36. The van der Waals surface area contributed by atoms with Crippen LogP contribution in [0.3, 0.4) is 0 Å². The van der Waals surface area contributed by atoms with Crippen molar-refractivity contribution in [3.63, 3.8) is 0 Å². The molecule has 0 saturated carbocycles. The SMILES string of the molecule is CCc1cc(N2CCN(c3ncn(Cn4ccc(C(F)(F)F)n4)c(=O)n3)CC2)ccc1Cl. The van der Waals surface area contributed by atoms with Crippen LogP contribution in [0.15, 0.2) is 41.6 Å². The number of piperazine rings is 1. The van der Waals surface area contributed by atoms with Gasteiger partial charge in [0.15, 0.2) is 5.69 Å². The predicted molar refractivity (Wildman–Crippen MR) is 114 cm³/mol. The van der Waals surface area contributed by atoms with Crippen molar-refractivity contribution in [2.75, 3.05) is 36.0 Å². The molecule has 1 saturated heterocycles. The molecule has 0 atom stereocenters. The standard InChI is InChI=1S/C20H21ClF3N7O/c1-2-14-11-15(3-4-16(14)21)28-7-9-29(10-8-28)18-25-12-30(19(32)26-18)13-31-6-5-17(27-31)20(22,23)24/h3-6,11-12H,2,7-10,13H2,1H3. The quantitative estimate of drug-likeness (QED) is 0.574. The first-order chi connectivity index (χ1) is 15.2. The van der Waals surface area contributed by atoms with E-state index >= 15 is 0 Å². The molecule has 0 unspecified atom stereocenters. The van der Waals surface area contributed by atoms with Crippen LogP contribution >= 0.6 is 11.6 Å². The minimum Gasteiger partial charge on any atom is -0.368 e. The maximum Gasteiger partial charge on any atom is 0.435 e. The average Bonchev–Trinajstić information content (AvgIpc) is 3.25. The largest absolute Gasteiger partial charge is 0.435 e. The van der Waals surface area contributed by atoms with E-state index in [9.17, 15) is 18.0 Å². The molecule has 1 aliphatic rings. The van der Waals surface area contributed by atoms with Crippen molar-refractivity contribution >= 4 is 23.2 Å². The summed E-state index contributed by atoms with van der Waals surface area (Å²) in [6.45, 7) is 4.56. The van der Waals surface area contributed by atoms with Crippen LogP contribution < -0.4 is 15.5 Å². The van der Waals surface area contributed by atoms with Gasteiger partial charge in [0.1, 0.15) is 13.0 Å². The summed E-state index contributed by atoms with van der Waals surface area (Å²) >= 11 is 6.21. The van der Waals surface area contributed by atoms with Crippen molar-refractivity contribution in [2.45, 2.75) is 26.2 Å². The number of aromatic nitrogens is 5. The van der Waals surface area contributed by atoms with Crippen LogP contribution in [0.1, 0.15) is 18.2 Å². The minimum atomic E-state index is -4.54. The maximum atomic E-state index is 12.7. The lowest BCUT2D eigenvalue weighted by molar-refractivity contribution is -0.141. The molecule has 2 aromatic heterocycles. The summed E-state index contributed by atoms with van der Waals surface area (Å²) in [4.78, 5) is 24.8. The van der Waals surface area contributed by atoms with Gasteiger partial charge >= 0.3 is 11.9 Å². The molecular formula is C20H21ClF3N7O. The Kier molecular flexibility index (Phi) is 6.09. The summed E-state index contributed by atoms with van der Waals surface area (Å²) in [6, 6.07) is 6.84. The summed E-state index contributed by atoms with van der Waals surface area (Å²) < 4.78 is 40.2. The monoisotopic (exact) mass is 467 g/mol. The van der Waals surface area contributed by atoms with Crippen molar-refractivity contribution in [1.82, 2.24) is 24.3 Å². The molecule has 170 valence electrons. The van der Waals surface area contributed by atoms with Gasteiger partial charge in [-0.15, -0.1) is 0 Å². The molecule has 12 heteroatoms. The Morgan fingerprint density at radius 3 is 2.44 bits per heavy atom. The van der Waals surface area contributed by atoms with E-state index in [1.807, 2.05) is 17.0 Å².